The Morgan fingerprint density at radius 1 is 1.00 bits per heavy atom. The maximum atomic E-state index is 5.66. The Balaban J connectivity index is 1.41. The van der Waals surface area contributed by atoms with Crippen molar-refractivity contribution in [3.8, 4) is 11.4 Å². The van der Waals surface area contributed by atoms with Crippen molar-refractivity contribution in [3.05, 3.63) is 64.7 Å². The number of nitrogens with zero attached hydrogens (tertiary/aromatic N) is 5. The van der Waals surface area contributed by atoms with Crippen molar-refractivity contribution < 1.29 is 4.74 Å². The van der Waals surface area contributed by atoms with Crippen molar-refractivity contribution in [1.82, 2.24) is 19.2 Å². The minimum Gasteiger partial charge on any atom is -0.497 e. The molecular weight excluding hydrogens is 382 g/mol. The smallest absolute Gasteiger partial charge is 0.203 e. The minimum absolute atomic E-state index is 0.701. The molecule has 6 nitrogen and oxygen atoms in total. The SMILES string of the molecule is COc1ccc(-n2cnn(CN3CCN(c4cccc(C)c4C)CC3)c2=S)cc1. The summed E-state index contributed by atoms with van der Waals surface area (Å²) in [5.74, 6) is 0.828. The van der Waals surface area contributed by atoms with Crippen LogP contribution in [0.25, 0.3) is 5.69 Å². The molecule has 1 aliphatic rings. The van der Waals surface area contributed by atoms with Gasteiger partial charge in [0.2, 0.25) is 4.77 Å². The second-order valence-corrected chi connectivity index (χ2v) is 7.81. The standard InChI is InChI=1S/C22H27N5OS/c1-17-5-4-6-21(18(17)2)25-13-11-24(12-14-25)16-27-22(29)26(15-23-27)19-7-9-20(28-3)10-8-19/h4-10,15H,11-14,16H2,1-3H3. The van der Waals surface area contributed by atoms with Gasteiger partial charge in [0, 0.05) is 37.6 Å². The van der Waals surface area contributed by atoms with Crippen molar-refractivity contribution >= 4 is 17.9 Å². The number of piperazine rings is 1. The molecule has 0 aliphatic carbocycles. The Morgan fingerprint density at radius 3 is 2.41 bits per heavy atom. The van der Waals surface area contributed by atoms with E-state index in [9.17, 15) is 0 Å². The molecule has 3 aromatic rings. The van der Waals surface area contributed by atoms with Crippen LogP contribution in [0.3, 0.4) is 0 Å². The van der Waals surface area contributed by atoms with Crippen LogP contribution in [0.1, 0.15) is 11.1 Å². The monoisotopic (exact) mass is 409 g/mol. The molecule has 0 spiro atoms. The van der Waals surface area contributed by atoms with Crippen molar-refractivity contribution in [3.63, 3.8) is 0 Å². The first-order valence-electron chi connectivity index (χ1n) is 9.89. The van der Waals surface area contributed by atoms with Gasteiger partial charge in [-0.15, -0.1) is 0 Å². The maximum absolute atomic E-state index is 5.66. The van der Waals surface area contributed by atoms with Gasteiger partial charge in [-0.05, 0) is 67.5 Å². The van der Waals surface area contributed by atoms with Gasteiger partial charge in [0.15, 0.2) is 0 Å². The van der Waals surface area contributed by atoms with Crippen LogP contribution in [0.4, 0.5) is 5.69 Å². The van der Waals surface area contributed by atoms with Crippen LogP contribution in [0.15, 0.2) is 48.8 Å². The lowest BCUT2D eigenvalue weighted by Gasteiger charge is -2.36. The highest BCUT2D eigenvalue weighted by Crippen LogP contribution is 2.24. The predicted molar refractivity (Wildman–Crippen MR) is 119 cm³/mol. The topological polar surface area (TPSA) is 38.5 Å². The summed E-state index contributed by atoms with van der Waals surface area (Å²) in [6, 6.07) is 14.4. The summed E-state index contributed by atoms with van der Waals surface area (Å²) in [6.45, 7) is 9.10. The van der Waals surface area contributed by atoms with Crippen LogP contribution in [0, 0.1) is 18.6 Å². The number of benzene rings is 2. The molecule has 2 aromatic carbocycles. The molecule has 0 radical (unpaired) electrons. The number of aryl methyl sites for hydroxylation is 1. The third kappa shape index (κ3) is 4.06. The first kappa shape index (κ1) is 19.7. The average molecular weight is 410 g/mol. The van der Waals surface area contributed by atoms with Crippen molar-refractivity contribution in [2.75, 3.05) is 38.2 Å². The molecule has 0 N–H and O–H groups in total. The van der Waals surface area contributed by atoms with Gasteiger partial charge in [0.05, 0.1) is 13.8 Å². The van der Waals surface area contributed by atoms with E-state index in [-0.39, 0.29) is 0 Å². The van der Waals surface area contributed by atoms with Crippen molar-refractivity contribution in [2.24, 2.45) is 0 Å². The molecule has 0 amide bonds. The molecule has 29 heavy (non-hydrogen) atoms. The first-order valence-corrected chi connectivity index (χ1v) is 10.3. The van der Waals surface area contributed by atoms with Crippen LogP contribution in [0.2, 0.25) is 0 Å². The molecule has 1 saturated heterocycles. The van der Waals surface area contributed by atoms with Crippen LogP contribution < -0.4 is 9.64 Å². The van der Waals surface area contributed by atoms with Gasteiger partial charge >= 0.3 is 0 Å². The van der Waals surface area contributed by atoms with Crippen LogP contribution in [-0.4, -0.2) is 52.5 Å². The van der Waals surface area contributed by atoms with Gasteiger partial charge in [-0.2, -0.15) is 5.10 Å². The maximum Gasteiger partial charge on any atom is 0.203 e. The Bertz CT molecular complexity index is 1030. The Kier molecular flexibility index (Phi) is 5.69. The molecule has 0 saturated carbocycles. The molecular formula is C22H27N5OS. The number of hydrogen-bond acceptors (Lipinski definition) is 5. The van der Waals surface area contributed by atoms with E-state index < -0.39 is 0 Å². The van der Waals surface area contributed by atoms with Gasteiger partial charge in [0.25, 0.3) is 0 Å². The number of rotatable bonds is 5. The van der Waals surface area contributed by atoms with Crippen LogP contribution in [-0.2, 0) is 6.67 Å². The number of aromatic nitrogens is 3. The lowest BCUT2D eigenvalue weighted by Crippen LogP contribution is -2.47. The highest BCUT2D eigenvalue weighted by Gasteiger charge is 2.19. The zero-order chi connectivity index (χ0) is 20.4. The Morgan fingerprint density at radius 2 is 1.72 bits per heavy atom. The normalized spacial score (nSPS) is 14.9. The zero-order valence-corrected chi connectivity index (χ0v) is 18.0. The third-order valence-electron chi connectivity index (χ3n) is 5.71. The molecule has 0 atom stereocenters. The third-order valence-corrected chi connectivity index (χ3v) is 6.11. The minimum atomic E-state index is 0.701. The van der Waals surface area contributed by atoms with E-state index in [1.54, 1.807) is 13.4 Å². The quantitative estimate of drug-likeness (QED) is 0.599. The largest absolute Gasteiger partial charge is 0.497 e. The van der Waals surface area contributed by atoms with Gasteiger partial charge < -0.3 is 9.64 Å². The van der Waals surface area contributed by atoms with Crippen molar-refractivity contribution in [2.45, 2.75) is 20.5 Å². The lowest BCUT2D eigenvalue weighted by atomic mass is 10.1. The summed E-state index contributed by atoms with van der Waals surface area (Å²) in [4.78, 5) is 4.89. The Labute approximate surface area is 176 Å². The highest BCUT2D eigenvalue weighted by molar-refractivity contribution is 7.71. The number of hydrogen-bond donors (Lipinski definition) is 0. The molecule has 152 valence electrons. The van der Waals surface area contributed by atoms with Crippen LogP contribution >= 0.6 is 12.2 Å². The highest BCUT2D eigenvalue weighted by atomic mass is 32.1. The Hall–Kier alpha value is -2.64. The second-order valence-electron chi connectivity index (χ2n) is 7.45. The van der Waals surface area contributed by atoms with E-state index >= 15 is 0 Å². The summed E-state index contributed by atoms with van der Waals surface area (Å²) >= 11 is 5.66. The van der Waals surface area contributed by atoms with E-state index in [0.29, 0.717) is 11.4 Å². The molecule has 2 heterocycles. The molecule has 4 rings (SSSR count). The number of methoxy groups -OCH3 is 1. The fourth-order valence-electron chi connectivity index (χ4n) is 3.75. The summed E-state index contributed by atoms with van der Waals surface area (Å²) < 4.78 is 9.76. The molecule has 1 aromatic heterocycles. The van der Waals surface area contributed by atoms with Gasteiger partial charge in [-0.1, -0.05) is 12.1 Å². The van der Waals surface area contributed by atoms with Gasteiger partial charge in [-0.3, -0.25) is 9.47 Å². The molecule has 7 heteroatoms. The fourth-order valence-corrected chi connectivity index (χ4v) is 4.01. The summed E-state index contributed by atoms with van der Waals surface area (Å²) in [6.07, 6.45) is 1.79. The molecule has 1 aliphatic heterocycles. The average Bonchev–Trinajstić information content (AvgIpc) is 3.11. The van der Waals surface area contributed by atoms with Crippen LogP contribution in [0.5, 0.6) is 5.75 Å². The number of anilines is 1. The van der Waals surface area contributed by atoms with Crippen molar-refractivity contribution in [1.29, 1.82) is 0 Å². The summed E-state index contributed by atoms with van der Waals surface area (Å²) in [5.41, 5.74) is 5.06. The molecule has 0 bridgehead atoms. The second kappa shape index (κ2) is 8.39. The molecule has 1 fully saturated rings. The fraction of sp³-hybridized carbons (Fsp3) is 0.364. The summed E-state index contributed by atoms with van der Waals surface area (Å²) in [7, 11) is 1.67. The lowest BCUT2D eigenvalue weighted by molar-refractivity contribution is 0.194. The molecule has 0 unspecified atom stereocenters. The summed E-state index contributed by atoms with van der Waals surface area (Å²) in [5, 5.41) is 4.52. The van der Waals surface area contributed by atoms with E-state index in [1.165, 1.54) is 16.8 Å². The van der Waals surface area contributed by atoms with E-state index in [0.717, 1.165) is 37.6 Å². The van der Waals surface area contributed by atoms with Gasteiger partial charge in [0.1, 0.15) is 12.1 Å². The first-order chi connectivity index (χ1) is 14.1. The van der Waals surface area contributed by atoms with E-state index in [4.69, 9.17) is 17.0 Å². The van der Waals surface area contributed by atoms with E-state index in [2.05, 4.69) is 46.9 Å². The predicted octanol–water partition coefficient (Wildman–Crippen LogP) is 3.81. The van der Waals surface area contributed by atoms with E-state index in [1.807, 2.05) is 33.5 Å². The zero-order valence-electron chi connectivity index (χ0n) is 17.2. The number of ether oxygens (including phenoxy) is 1. The van der Waals surface area contributed by atoms with Gasteiger partial charge in [-0.25, -0.2) is 4.68 Å².